The summed E-state index contributed by atoms with van der Waals surface area (Å²) < 4.78 is 0.784. The van der Waals surface area contributed by atoms with Crippen LogP contribution in [0, 0.1) is 0 Å². The second kappa shape index (κ2) is 4.72. The summed E-state index contributed by atoms with van der Waals surface area (Å²) in [5, 5.41) is 9.56. The van der Waals surface area contributed by atoms with Crippen LogP contribution in [-0.2, 0) is 0 Å². The summed E-state index contributed by atoms with van der Waals surface area (Å²) in [6, 6.07) is 1.65. The fourth-order valence-electron chi connectivity index (χ4n) is 1.03. The third-order valence-corrected chi connectivity index (χ3v) is 3.77. The van der Waals surface area contributed by atoms with Gasteiger partial charge >= 0.3 is 0 Å². The molecule has 2 rings (SSSR count). The zero-order valence-electron chi connectivity index (χ0n) is 9.28. The van der Waals surface area contributed by atoms with Gasteiger partial charge < -0.3 is 16.4 Å². The molecule has 0 atom stereocenters. The van der Waals surface area contributed by atoms with Crippen molar-refractivity contribution < 1.29 is 0 Å². The summed E-state index contributed by atoms with van der Waals surface area (Å²) >= 11 is 2.83. The van der Waals surface area contributed by atoms with Crippen molar-refractivity contribution >= 4 is 40.0 Å². The minimum Gasteiger partial charge on any atom is -0.383 e. The summed E-state index contributed by atoms with van der Waals surface area (Å²) in [5.74, 6) is 0.502. The van der Waals surface area contributed by atoms with E-state index in [0.29, 0.717) is 10.8 Å². The van der Waals surface area contributed by atoms with E-state index in [0.717, 1.165) is 9.47 Å². The van der Waals surface area contributed by atoms with Crippen molar-refractivity contribution in [3.05, 3.63) is 6.07 Å². The highest BCUT2D eigenvalue weighted by atomic mass is 32.2. The Morgan fingerprint density at radius 2 is 2.00 bits per heavy atom. The molecule has 0 aliphatic carbocycles. The molecular weight excluding hydrogens is 258 g/mol. The van der Waals surface area contributed by atoms with Crippen molar-refractivity contribution in [1.82, 2.24) is 20.2 Å². The van der Waals surface area contributed by atoms with Crippen LogP contribution < -0.4 is 16.4 Å². The van der Waals surface area contributed by atoms with Crippen LogP contribution in [0.1, 0.15) is 0 Å². The number of aromatic nitrogens is 4. The van der Waals surface area contributed by atoms with Crippen LogP contribution in [0.4, 0.5) is 16.9 Å². The Morgan fingerprint density at radius 1 is 1.24 bits per heavy atom. The van der Waals surface area contributed by atoms with Gasteiger partial charge in [-0.25, -0.2) is 4.98 Å². The molecule has 0 aliphatic heterocycles. The van der Waals surface area contributed by atoms with Crippen LogP contribution in [0.15, 0.2) is 15.4 Å². The molecule has 0 radical (unpaired) electrons. The Labute approximate surface area is 106 Å². The average molecular weight is 269 g/mol. The molecule has 0 spiro atoms. The molecule has 0 saturated heterocycles. The van der Waals surface area contributed by atoms with Crippen molar-refractivity contribution in [3.63, 3.8) is 0 Å². The molecule has 2 heterocycles. The molecule has 90 valence electrons. The minimum absolute atomic E-state index is 0.157. The number of nitrogens with zero attached hydrogens (tertiary/aromatic N) is 5. The van der Waals surface area contributed by atoms with Crippen molar-refractivity contribution in [1.29, 1.82) is 0 Å². The predicted molar refractivity (Wildman–Crippen MR) is 69.2 cm³/mol. The molecule has 4 N–H and O–H groups in total. The molecule has 2 aromatic rings. The van der Waals surface area contributed by atoms with E-state index in [-0.39, 0.29) is 5.95 Å². The number of nitrogen functional groups attached to an aromatic ring is 2. The number of nitrogens with two attached hydrogens (primary N) is 2. The van der Waals surface area contributed by atoms with Gasteiger partial charge in [0.1, 0.15) is 10.8 Å². The molecule has 0 saturated carbocycles. The summed E-state index contributed by atoms with van der Waals surface area (Å²) in [7, 11) is 3.82. The molecule has 17 heavy (non-hydrogen) atoms. The normalized spacial score (nSPS) is 10.5. The Morgan fingerprint density at radius 3 is 2.59 bits per heavy atom. The molecule has 9 heteroatoms. The molecule has 0 fully saturated rings. The number of anilines is 3. The Hall–Kier alpha value is -1.61. The lowest BCUT2D eigenvalue weighted by atomic mass is 10.6. The van der Waals surface area contributed by atoms with Gasteiger partial charge in [-0.05, 0) is 11.8 Å². The summed E-state index contributed by atoms with van der Waals surface area (Å²) in [5.41, 5.74) is 11.1. The average Bonchev–Trinajstić information content (AvgIpc) is 2.64. The molecule has 0 amide bonds. The van der Waals surface area contributed by atoms with Crippen LogP contribution in [-0.4, -0.2) is 34.3 Å². The van der Waals surface area contributed by atoms with Gasteiger partial charge in [0.2, 0.25) is 11.1 Å². The zero-order chi connectivity index (χ0) is 12.4. The Bertz CT molecular complexity index is 504. The Kier molecular flexibility index (Phi) is 3.29. The largest absolute Gasteiger partial charge is 0.383 e. The smallest absolute Gasteiger partial charge is 0.223 e. The molecule has 0 bridgehead atoms. The van der Waals surface area contributed by atoms with Gasteiger partial charge in [0.15, 0.2) is 4.34 Å². The second-order valence-corrected chi connectivity index (χ2v) is 5.56. The molecule has 0 aliphatic rings. The van der Waals surface area contributed by atoms with E-state index in [2.05, 4.69) is 20.2 Å². The number of hydrogen-bond acceptors (Lipinski definition) is 9. The van der Waals surface area contributed by atoms with Crippen LogP contribution >= 0.6 is 23.1 Å². The van der Waals surface area contributed by atoms with Crippen LogP contribution in [0.5, 0.6) is 0 Å². The standard InChI is InChI=1S/C8H11N7S2/c1-15(2)7-13-14-8(17-7)16-5-3-4(9)11-6(10)12-5/h3H,1-2H3,(H4,9,10,11,12). The molecule has 2 aromatic heterocycles. The van der Waals surface area contributed by atoms with E-state index >= 15 is 0 Å². The molecular formula is C8H11N7S2. The van der Waals surface area contributed by atoms with Gasteiger partial charge in [-0.3, -0.25) is 0 Å². The minimum atomic E-state index is 0.157. The lowest BCUT2D eigenvalue weighted by Gasteiger charge is -2.03. The monoisotopic (exact) mass is 269 g/mol. The Balaban J connectivity index is 2.19. The first-order valence-corrected chi connectivity index (χ1v) is 6.26. The maximum atomic E-state index is 5.58. The summed E-state index contributed by atoms with van der Waals surface area (Å²) in [6.45, 7) is 0. The second-order valence-electron chi connectivity index (χ2n) is 3.34. The maximum Gasteiger partial charge on any atom is 0.223 e. The van der Waals surface area contributed by atoms with Gasteiger partial charge in [0.05, 0.1) is 0 Å². The van der Waals surface area contributed by atoms with E-state index in [1.165, 1.54) is 23.1 Å². The van der Waals surface area contributed by atoms with Gasteiger partial charge in [-0.15, -0.1) is 10.2 Å². The van der Waals surface area contributed by atoms with E-state index < -0.39 is 0 Å². The maximum absolute atomic E-state index is 5.58. The topological polar surface area (TPSA) is 107 Å². The summed E-state index contributed by atoms with van der Waals surface area (Å²) in [4.78, 5) is 9.75. The summed E-state index contributed by atoms with van der Waals surface area (Å²) in [6.07, 6.45) is 0. The van der Waals surface area contributed by atoms with Crippen molar-refractivity contribution in [2.75, 3.05) is 30.5 Å². The first-order chi connectivity index (χ1) is 8.04. The number of rotatable bonds is 3. The lowest BCUT2D eigenvalue weighted by Crippen LogP contribution is -2.07. The molecule has 7 nitrogen and oxygen atoms in total. The van der Waals surface area contributed by atoms with Crippen LogP contribution in [0.25, 0.3) is 0 Å². The van der Waals surface area contributed by atoms with Crippen molar-refractivity contribution in [2.24, 2.45) is 0 Å². The third-order valence-electron chi connectivity index (χ3n) is 1.71. The third kappa shape index (κ3) is 2.94. The molecule has 0 aromatic carbocycles. The van der Waals surface area contributed by atoms with Gasteiger partial charge in [0.25, 0.3) is 0 Å². The van der Waals surface area contributed by atoms with Crippen molar-refractivity contribution in [3.8, 4) is 0 Å². The predicted octanol–water partition coefficient (Wildman–Crippen LogP) is 0.710. The first-order valence-electron chi connectivity index (χ1n) is 4.63. The zero-order valence-corrected chi connectivity index (χ0v) is 10.9. The van der Waals surface area contributed by atoms with Crippen LogP contribution in [0.2, 0.25) is 0 Å². The van der Waals surface area contributed by atoms with E-state index in [1.807, 2.05) is 19.0 Å². The van der Waals surface area contributed by atoms with E-state index in [1.54, 1.807) is 6.07 Å². The highest BCUT2D eigenvalue weighted by Crippen LogP contribution is 2.32. The van der Waals surface area contributed by atoms with Gasteiger partial charge in [-0.1, -0.05) is 11.3 Å². The van der Waals surface area contributed by atoms with Gasteiger partial charge in [0, 0.05) is 20.2 Å². The van der Waals surface area contributed by atoms with Gasteiger partial charge in [-0.2, -0.15) is 4.98 Å². The fourth-order valence-corrected chi connectivity index (χ4v) is 2.76. The quantitative estimate of drug-likeness (QED) is 0.784. The van der Waals surface area contributed by atoms with E-state index in [4.69, 9.17) is 11.5 Å². The van der Waals surface area contributed by atoms with E-state index in [9.17, 15) is 0 Å². The highest BCUT2D eigenvalue weighted by Gasteiger charge is 2.09. The molecule has 0 unspecified atom stereocenters. The van der Waals surface area contributed by atoms with Crippen molar-refractivity contribution in [2.45, 2.75) is 9.37 Å². The first kappa shape index (κ1) is 11.9. The SMILES string of the molecule is CN(C)c1nnc(Sc2cc(N)nc(N)n2)s1. The number of hydrogen-bond donors (Lipinski definition) is 2. The lowest BCUT2D eigenvalue weighted by molar-refractivity contribution is 0.969. The highest BCUT2D eigenvalue weighted by molar-refractivity contribution is 8.01. The van der Waals surface area contributed by atoms with Crippen LogP contribution in [0.3, 0.4) is 0 Å². The fraction of sp³-hybridized carbons (Fsp3) is 0.250.